The second-order valence-electron chi connectivity index (χ2n) is 7.24. The molecular formula is C21H25N3O3. The second-order valence-corrected chi connectivity index (χ2v) is 7.24. The normalized spacial score (nSPS) is 21.2. The predicted octanol–water partition coefficient (Wildman–Crippen LogP) is 3.19. The SMILES string of the molecule is C[C@H](CC1c2ccccc2CN1O)Nc1ccc(N2CCOCC2=O)cc1. The molecule has 1 fully saturated rings. The molecule has 0 radical (unpaired) electrons. The van der Waals surface area contributed by atoms with Crippen molar-refractivity contribution in [1.29, 1.82) is 0 Å². The monoisotopic (exact) mass is 367 g/mol. The van der Waals surface area contributed by atoms with E-state index in [1.54, 1.807) is 4.90 Å². The lowest BCUT2D eigenvalue weighted by Crippen LogP contribution is -2.41. The van der Waals surface area contributed by atoms with Crippen molar-refractivity contribution in [3.8, 4) is 0 Å². The Balaban J connectivity index is 1.38. The lowest BCUT2D eigenvalue weighted by molar-refractivity contribution is -0.128. The number of fused-ring (bicyclic) bond motifs is 1. The number of carbonyl (C=O) groups excluding carboxylic acids is 1. The summed E-state index contributed by atoms with van der Waals surface area (Å²) in [5.41, 5.74) is 4.29. The third-order valence-electron chi connectivity index (χ3n) is 5.26. The summed E-state index contributed by atoms with van der Waals surface area (Å²) in [6.07, 6.45) is 0.803. The van der Waals surface area contributed by atoms with Crippen LogP contribution in [0.25, 0.3) is 0 Å². The first-order valence-electron chi connectivity index (χ1n) is 9.40. The number of carbonyl (C=O) groups is 1. The van der Waals surface area contributed by atoms with Gasteiger partial charge in [0.1, 0.15) is 6.61 Å². The molecule has 6 heteroatoms. The van der Waals surface area contributed by atoms with Crippen LogP contribution < -0.4 is 10.2 Å². The van der Waals surface area contributed by atoms with Crippen molar-refractivity contribution in [1.82, 2.24) is 5.06 Å². The summed E-state index contributed by atoms with van der Waals surface area (Å²) in [5.74, 6) is -0.00161. The van der Waals surface area contributed by atoms with Gasteiger partial charge in [-0.05, 0) is 48.7 Å². The Morgan fingerprint density at radius 2 is 2.00 bits per heavy atom. The lowest BCUT2D eigenvalue weighted by Gasteiger charge is -2.27. The Kier molecular flexibility index (Phi) is 5.11. The van der Waals surface area contributed by atoms with Crippen molar-refractivity contribution in [3.63, 3.8) is 0 Å². The van der Waals surface area contributed by atoms with Crippen LogP contribution in [0.5, 0.6) is 0 Å². The summed E-state index contributed by atoms with van der Waals surface area (Å²) in [6.45, 7) is 4.01. The molecule has 0 bridgehead atoms. The van der Waals surface area contributed by atoms with Crippen molar-refractivity contribution in [2.45, 2.75) is 32.0 Å². The lowest BCUT2D eigenvalue weighted by atomic mass is 9.99. The van der Waals surface area contributed by atoms with Gasteiger partial charge in [-0.15, -0.1) is 0 Å². The number of nitrogens with zero attached hydrogens (tertiary/aromatic N) is 2. The molecule has 27 heavy (non-hydrogen) atoms. The van der Waals surface area contributed by atoms with Crippen molar-refractivity contribution in [2.75, 3.05) is 30.0 Å². The molecule has 2 atom stereocenters. The van der Waals surface area contributed by atoms with E-state index in [9.17, 15) is 10.0 Å². The highest BCUT2D eigenvalue weighted by atomic mass is 16.5. The van der Waals surface area contributed by atoms with Crippen LogP contribution in [0.15, 0.2) is 48.5 Å². The molecule has 0 aromatic heterocycles. The standard InChI is InChI=1S/C21H25N3O3/c1-15(12-20-19-5-3-2-4-16(19)13-24(20)26)22-17-6-8-18(9-7-17)23-10-11-27-14-21(23)25/h2-9,15,20,22,26H,10-14H2,1H3/t15-,20?/m1/s1. The average molecular weight is 367 g/mol. The number of morpholine rings is 1. The number of hydrogen-bond acceptors (Lipinski definition) is 5. The maximum absolute atomic E-state index is 11.9. The van der Waals surface area contributed by atoms with E-state index in [0.29, 0.717) is 19.7 Å². The van der Waals surface area contributed by atoms with E-state index >= 15 is 0 Å². The first-order valence-corrected chi connectivity index (χ1v) is 9.40. The average Bonchev–Trinajstić information content (AvgIpc) is 2.98. The van der Waals surface area contributed by atoms with Gasteiger partial charge in [0, 0.05) is 30.5 Å². The van der Waals surface area contributed by atoms with E-state index < -0.39 is 0 Å². The zero-order chi connectivity index (χ0) is 18.8. The molecule has 2 aromatic rings. The minimum atomic E-state index is -0.00161. The number of amides is 1. The van der Waals surface area contributed by atoms with E-state index in [0.717, 1.165) is 17.8 Å². The van der Waals surface area contributed by atoms with Gasteiger partial charge in [-0.3, -0.25) is 4.79 Å². The van der Waals surface area contributed by atoms with Crippen LogP contribution >= 0.6 is 0 Å². The number of anilines is 2. The Bertz CT molecular complexity index is 809. The molecule has 4 rings (SSSR count). The highest BCUT2D eigenvalue weighted by Gasteiger charge is 2.30. The van der Waals surface area contributed by atoms with Gasteiger partial charge in [0.2, 0.25) is 0 Å². The number of hydrogen-bond donors (Lipinski definition) is 2. The maximum Gasteiger partial charge on any atom is 0.253 e. The largest absolute Gasteiger partial charge is 0.383 e. The van der Waals surface area contributed by atoms with Crippen LogP contribution in [0.3, 0.4) is 0 Å². The molecule has 1 unspecified atom stereocenters. The van der Waals surface area contributed by atoms with Crippen molar-refractivity contribution < 1.29 is 14.7 Å². The maximum atomic E-state index is 11.9. The van der Waals surface area contributed by atoms with Crippen LogP contribution in [0.4, 0.5) is 11.4 Å². The van der Waals surface area contributed by atoms with Crippen molar-refractivity contribution in [2.24, 2.45) is 0 Å². The van der Waals surface area contributed by atoms with Gasteiger partial charge < -0.3 is 20.2 Å². The number of hydroxylamine groups is 2. The van der Waals surface area contributed by atoms with Gasteiger partial charge >= 0.3 is 0 Å². The zero-order valence-corrected chi connectivity index (χ0v) is 15.5. The highest BCUT2D eigenvalue weighted by Crippen LogP contribution is 2.35. The fourth-order valence-corrected chi connectivity index (χ4v) is 3.90. The van der Waals surface area contributed by atoms with Crippen LogP contribution in [0.1, 0.15) is 30.5 Å². The molecule has 1 amide bonds. The van der Waals surface area contributed by atoms with Crippen LogP contribution in [-0.2, 0) is 16.1 Å². The molecule has 0 saturated carbocycles. The molecule has 2 aromatic carbocycles. The highest BCUT2D eigenvalue weighted by molar-refractivity contribution is 5.95. The second kappa shape index (κ2) is 7.68. The van der Waals surface area contributed by atoms with Gasteiger partial charge in [0.05, 0.1) is 12.6 Å². The minimum Gasteiger partial charge on any atom is -0.383 e. The molecule has 1 saturated heterocycles. The van der Waals surface area contributed by atoms with E-state index in [1.165, 1.54) is 16.2 Å². The quantitative estimate of drug-likeness (QED) is 0.850. The number of benzene rings is 2. The van der Waals surface area contributed by atoms with E-state index in [-0.39, 0.29) is 24.6 Å². The summed E-state index contributed by atoms with van der Waals surface area (Å²) in [4.78, 5) is 13.7. The molecule has 142 valence electrons. The van der Waals surface area contributed by atoms with E-state index in [1.807, 2.05) is 36.4 Å². The van der Waals surface area contributed by atoms with Gasteiger partial charge in [-0.25, -0.2) is 0 Å². The van der Waals surface area contributed by atoms with E-state index in [4.69, 9.17) is 4.74 Å². The van der Waals surface area contributed by atoms with Crippen LogP contribution in [-0.4, -0.2) is 42.0 Å². The number of ether oxygens (including phenoxy) is 1. The molecule has 2 aliphatic rings. The Labute approximate surface area is 159 Å². The summed E-state index contributed by atoms with van der Waals surface area (Å²) >= 11 is 0. The Hall–Kier alpha value is -2.41. The molecule has 2 N–H and O–H groups in total. The van der Waals surface area contributed by atoms with Gasteiger partial charge in [0.15, 0.2) is 0 Å². The van der Waals surface area contributed by atoms with Crippen LogP contribution in [0, 0.1) is 0 Å². The van der Waals surface area contributed by atoms with Gasteiger partial charge in [0.25, 0.3) is 5.91 Å². The molecule has 6 nitrogen and oxygen atoms in total. The van der Waals surface area contributed by atoms with Crippen molar-refractivity contribution in [3.05, 3.63) is 59.7 Å². The zero-order valence-electron chi connectivity index (χ0n) is 15.5. The summed E-state index contributed by atoms with van der Waals surface area (Å²) in [5, 5.41) is 15.2. The third kappa shape index (κ3) is 3.83. The van der Waals surface area contributed by atoms with E-state index in [2.05, 4.69) is 24.4 Å². The fraction of sp³-hybridized carbons (Fsp3) is 0.381. The molecule has 2 aliphatic heterocycles. The van der Waals surface area contributed by atoms with Gasteiger partial charge in [-0.2, -0.15) is 5.06 Å². The Morgan fingerprint density at radius 1 is 1.22 bits per heavy atom. The summed E-state index contributed by atoms with van der Waals surface area (Å²) in [6, 6.07) is 16.3. The first kappa shape index (κ1) is 18.0. The first-order chi connectivity index (χ1) is 13.1. The predicted molar refractivity (Wildman–Crippen MR) is 104 cm³/mol. The summed E-state index contributed by atoms with van der Waals surface area (Å²) < 4.78 is 5.18. The van der Waals surface area contributed by atoms with Crippen molar-refractivity contribution >= 4 is 17.3 Å². The minimum absolute atomic E-state index is 0.00161. The fourth-order valence-electron chi connectivity index (χ4n) is 3.90. The summed E-state index contributed by atoms with van der Waals surface area (Å²) in [7, 11) is 0. The van der Waals surface area contributed by atoms with Gasteiger partial charge in [-0.1, -0.05) is 24.3 Å². The molecule has 2 heterocycles. The van der Waals surface area contributed by atoms with Crippen LogP contribution in [0.2, 0.25) is 0 Å². The molecular weight excluding hydrogens is 342 g/mol. The third-order valence-corrected chi connectivity index (χ3v) is 5.26. The number of nitrogens with one attached hydrogen (secondary N) is 1. The topological polar surface area (TPSA) is 65.0 Å². The molecule has 0 spiro atoms. The smallest absolute Gasteiger partial charge is 0.253 e. The molecule has 0 aliphatic carbocycles. The Morgan fingerprint density at radius 3 is 2.78 bits per heavy atom. The number of rotatable bonds is 5.